The van der Waals surface area contributed by atoms with Gasteiger partial charge in [0.1, 0.15) is 23.2 Å². The number of carbonyl (C=O) groups excluding carboxylic acids is 1. The van der Waals surface area contributed by atoms with Crippen LogP contribution in [0.25, 0.3) is 0 Å². The van der Waals surface area contributed by atoms with Gasteiger partial charge in [-0.2, -0.15) is 0 Å². The third-order valence-corrected chi connectivity index (χ3v) is 5.06. The molecule has 0 saturated carbocycles. The number of aromatic nitrogens is 1. The minimum absolute atomic E-state index is 0.192. The van der Waals surface area contributed by atoms with E-state index in [1.807, 2.05) is 31.2 Å². The summed E-state index contributed by atoms with van der Waals surface area (Å²) in [7, 11) is 0. The van der Waals surface area contributed by atoms with Crippen LogP contribution >= 0.6 is 11.8 Å². The van der Waals surface area contributed by atoms with Crippen LogP contribution in [0.4, 0.5) is 4.39 Å². The second-order valence-electron chi connectivity index (χ2n) is 6.19. The molecule has 144 valence electrons. The van der Waals surface area contributed by atoms with Gasteiger partial charge in [-0.05, 0) is 48.9 Å². The molecule has 0 aliphatic rings. The van der Waals surface area contributed by atoms with Gasteiger partial charge < -0.3 is 10.1 Å². The first-order chi connectivity index (χ1) is 13.6. The van der Waals surface area contributed by atoms with Gasteiger partial charge in [0.05, 0.1) is 12.1 Å². The van der Waals surface area contributed by atoms with Crippen LogP contribution in [0.1, 0.15) is 21.5 Å². The summed E-state index contributed by atoms with van der Waals surface area (Å²) in [6.07, 6.45) is 1.66. The number of thioether (sulfide) groups is 1. The van der Waals surface area contributed by atoms with Crippen LogP contribution in [0.2, 0.25) is 0 Å². The van der Waals surface area contributed by atoms with Gasteiger partial charge in [-0.1, -0.05) is 29.8 Å². The van der Waals surface area contributed by atoms with E-state index in [4.69, 9.17) is 4.74 Å². The van der Waals surface area contributed by atoms with E-state index < -0.39 is 0 Å². The van der Waals surface area contributed by atoms with Crippen molar-refractivity contribution in [3.8, 4) is 5.75 Å². The summed E-state index contributed by atoms with van der Waals surface area (Å²) in [5.41, 5.74) is 2.66. The summed E-state index contributed by atoms with van der Waals surface area (Å²) in [4.78, 5) is 16.8. The molecule has 3 rings (SSSR count). The molecule has 0 bridgehead atoms. The van der Waals surface area contributed by atoms with E-state index in [0.717, 1.165) is 11.3 Å². The molecule has 0 aliphatic heterocycles. The highest BCUT2D eigenvalue weighted by Gasteiger charge is 2.12. The summed E-state index contributed by atoms with van der Waals surface area (Å²) < 4.78 is 18.6. The normalized spacial score (nSPS) is 10.5. The van der Waals surface area contributed by atoms with E-state index in [0.29, 0.717) is 29.5 Å². The van der Waals surface area contributed by atoms with Gasteiger partial charge >= 0.3 is 0 Å². The van der Waals surface area contributed by atoms with Gasteiger partial charge in [0.25, 0.3) is 5.91 Å². The monoisotopic (exact) mass is 396 g/mol. The highest BCUT2D eigenvalue weighted by Crippen LogP contribution is 2.24. The number of nitrogens with zero attached hydrogens (tertiary/aromatic N) is 1. The zero-order valence-corrected chi connectivity index (χ0v) is 16.3. The van der Waals surface area contributed by atoms with Crippen LogP contribution in [0, 0.1) is 12.7 Å². The van der Waals surface area contributed by atoms with Crippen LogP contribution in [-0.4, -0.2) is 24.0 Å². The second-order valence-corrected chi connectivity index (χ2v) is 7.15. The maximum Gasteiger partial charge on any atom is 0.254 e. The molecule has 1 amide bonds. The van der Waals surface area contributed by atoms with Crippen molar-refractivity contribution in [2.24, 2.45) is 0 Å². The number of aryl methyl sites for hydroxylation is 1. The van der Waals surface area contributed by atoms with Crippen molar-refractivity contribution in [2.75, 3.05) is 13.2 Å². The highest BCUT2D eigenvalue weighted by atomic mass is 32.2. The molecule has 0 atom stereocenters. The van der Waals surface area contributed by atoms with Gasteiger partial charge in [0, 0.05) is 11.9 Å². The minimum Gasteiger partial charge on any atom is -0.492 e. The third kappa shape index (κ3) is 5.82. The summed E-state index contributed by atoms with van der Waals surface area (Å²) in [5, 5.41) is 3.50. The van der Waals surface area contributed by atoms with E-state index in [-0.39, 0.29) is 11.7 Å². The van der Waals surface area contributed by atoms with Gasteiger partial charge in [0.15, 0.2) is 0 Å². The van der Waals surface area contributed by atoms with Crippen LogP contribution in [0.5, 0.6) is 5.75 Å². The number of benzene rings is 2. The summed E-state index contributed by atoms with van der Waals surface area (Å²) in [6, 6.07) is 17.6. The molecule has 2 aromatic carbocycles. The third-order valence-electron chi connectivity index (χ3n) is 3.98. The van der Waals surface area contributed by atoms with Crippen LogP contribution < -0.4 is 10.1 Å². The lowest BCUT2D eigenvalue weighted by Crippen LogP contribution is -2.28. The first-order valence-electron chi connectivity index (χ1n) is 8.92. The Labute approximate surface area is 168 Å². The van der Waals surface area contributed by atoms with Gasteiger partial charge in [-0.25, -0.2) is 9.37 Å². The SMILES string of the molecule is Cc1ccc(OCCNC(=O)c2cccnc2SCc2ccc(F)cc2)cc1. The maximum atomic E-state index is 13.0. The number of amides is 1. The Morgan fingerprint density at radius 3 is 2.61 bits per heavy atom. The van der Waals surface area contributed by atoms with Crippen molar-refractivity contribution in [3.63, 3.8) is 0 Å². The molecule has 0 fully saturated rings. The fourth-order valence-corrected chi connectivity index (χ4v) is 3.42. The number of pyridine rings is 1. The number of nitrogens with one attached hydrogen (secondary N) is 1. The van der Waals surface area contributed by atoms with E-state index in [9.17, 15) is 9.18 Å². The summed E-state index contributed by atoms with van der Waals surface area (Å²) in [5.74, 6) is 0.923. The Morgan fingerprint density at radius 1 is 1.11 bits per heavy atom. The van der Waals surface area contributed by atoms with Crippen LogP contribution in [-0.2, 0) is 5.75 Å². The molecule has 1 N–H and O–H groups in total. The lowest BCUT2D eigenvalue weighted by Gasteiger charge is -2.10. The van der Waals surface area contributed by atoms with E-state index in [2.05, 4.69) is 10.3 Å². The predicted octanol–water partition coefficient (Wildman–Crippen LogP) is 4.63. The molecule has 1 aromatic heterocycles. The highest BCUT2D eigenvalue weighted by molar-refractivity contribution is 7.98. The smallest absolute Gasteiger partial charge is 0.254 e. The minimum atomic E-state index is -0.264. The number of halogens is 1. The van der Waals surface area contributed by atoms with Crippen molar-refractivity contribution in [1.29, 1.82) is 0 Å². The van der Waals surface area contributed by atoms with Crippen molar-refractivity contribution >= 4 is 17.7 Å². The Kier molecular flexibility index (Phi) is 7.03. The first-order valence-corrected chi connectivity index (χ1v) is 9.90. The molecule has 0 aliphatic carbocycles. The number of rotatable bonds is 8. The Bertz CT molecular complexity index is 915. The molecule has 0 radical (unpaired) electrons. The average molecular weight is 396 g/mol. The fourth-order valence-electron chi connectivity index (χ4n) is 2.47. The largest absolute Gasteiger partial charge is 0.492 e. The van der Waals surface area contributed by atoms with Crippen LogP contribution in [0.15, 0.2) is 71.9 Å². The molecule has 1 heterocycles. The van der Waals surface area contributed by atoms with E-state index >= 15 is 0 Å². The summed E-state index contributed by atoms with van der Waals surface area (Å²) in [6.45, 7) is 2.79. The number of ether oxygens (including phenoxy) is 1. The topological polar surface area (TPSA) is 51.2 Å². The number of carbonyl (C=O) groups is 1. The average Bonchev–Trinajstić information content (AvgIpc) is 2.72. The zero-order valence-electron chi connectivity index (χ0n) is 15.5. The van der Waals surface area contributed by atoms with Crippen molar-refractivity contribution < 1.29 is 13.9 Å². The fraction of sp³-hybridized carbons (Fsp3) is 0.182. The standard InChI is InChI=1S/C22H21FN2O2S/c1-16-4-10-19(11-5-16)27-14-13-24-21(26)20-3-2-12-25-22(20)28-15-17-6-8-18(23)9-7-17/h2-12H,13-15H2,1H3,(H,24,26). The molecular weight excluding hydrogens is 375 g/mol. The second kappa shape index (κ2) is 9.90. The molecule has 6 heteroatoms. The van der Waals surface area contributed by atoms with Crippen LogP contribution in [0.3, 0.4) is 0 Å². The first kappa shape index (κ1) is 19.9. The van der Waals surface area contributed by atoms with Gasteiger partial charge in [-0.3, -0.25) is 4.79 Å². The molecule has 3 aromatic rings. The Balaban J connectivity index is 1.51. The molecule has 0 spiro atoms. The molecule has 4 nitrogen and oxygen atoms in total. The lowest BCUT2D eigenvalue weighted by atomic mass is 10.2. The van der Waals surface area contributed by atoms with Crippen molar-refractivity contribution in [1.82, 2.24) is 10.3 Å². The maximum absolute atomic E-state index is 13.0. The quantitative estimate of drug-likeness (QED) is 0.446. The van der Waals surface area contributed by atoms with E-state index in [1.54, 1.807) is 30.5 Å². The van der Waals surface area contributed by atoms with Gasteiger partial charge in [-0.15, -0.1) is 11.8 Å². The molecule has 0 unspecified atom stereocenters. The number of hydrogen-bond donors (Lipinski definition) is 1. The zero-order chi connectivity index (χ0) is 19.8. The summed E-state index contributed by atoms with van der Waals surface area (Å²) >= 11 is 1.45. The molecular formula is C22H21FN2O2S. The Hall–Kier alpha value is -2.86. The predicted molar refractivity (Wildman–Crippen MR) is 109 cm³/mol. The Morgan fingerprint density at radius 2 is 1.86 bits per heavy atom. The van der Waals surface area contributed by atoms with Gasteiger partial charge in [0.2, 0.25) is 0 Å². The number of hydrogen-bond acceptors (Lipinski definition) is 4. The lowest BCUT2D eigenvalue weighted by molar-refractivity contribution is 0.0943. The van der Waals surface area contributed by atoms with Crippen molar-refractivity contribution in [2.45, 2.75) is 17.7 Å². The molecule has 0 saturated heterocycles. The molecule has 28 heavy (non-hydrogen) atoms. The van der Waals surface area contributed by atoms with Crippen molar-refractivity contribution in [3.05, 3.63) is 89.4 Å². The van der Waals surface area contributed by atoms with E-state index in [1.165, 1.54) is 29.5 Å².